The molecule has 0 fully saturated rings. The van der Waals surface area contributed by atoms with E-state index in [0.717, 1.165) is 10.1 Å². The number of nitrogens with zero attached hydrogens (tertiary/aromatic N) is 2. The smallest absolute Gasteiger partial charge is 0.129 e. The van der Waals surface area contributed by atoms with Crippen LogP contribution in [0.4, 0.5) is 4.39 Å². The van der Waals surface area contributed by atoms with Crippen LogP contribution >= 0.6 is 15.9 Å². The van der Waals surface area contributed by atoms with Gasteiger partial charge in [0.05, 0.1) is 5.52 Å². The van der Waals surface area contributed by atoms with Crippen molar-refractivity contribution < 1.29 is 4.39 Å². The van der Waals surface area contributed by atoms with Gasteiger partial charge in [-0.15, -0.1) is 0 Å². The molecule has 0 aliphatic heterocycles. The summed E-state index contributed by atoms with van der Waals surface area (Å²) < 4.78 is 15.4. The van der Waals surface area contributed by atoms with Gasteiger partial charge >= 0.3 is 0 Å². The van der Waals surface area contributed by atoms with Crippen LogP contribution in [0.3, 0.4) is 0 Å². The molecule has 12 heavy (non-hydrogen) atoms. The largest absolute Gasteiger partial charge is 0.239 e. The van der Waals surface area contributed by atoms with Crippen LogP contribution in [-0.4, -0.2) is 9.61 Å². The first kappa shape index (κ1) is 7.73. The van der Waals surface area contributed by atoms with E-state index < -0.39 is 0 Å². The molecule has 0 saturated carbocycles. The van der Waals surface area contributed by atoms with Crippen LogP contribution < -0.4 is 0 Å². The van der Waals surface area contributed by atoms with E-state index in [1.54, 1.807) is 23.7 Å². The van der Waals surface area contributed by atoms with Gasteiger partial charge < -0.3 is 0 Å². The lowest BCUT2D eigenvalue weighted by atomic mass is 10.2. The van der Waals surface area contributed by atoms with Crippen molar-refractivity contribution in [3.05, 3.63) is 34.3 Å². The molecule has 0 N–H and O–H groups in total. The van der Waals surface area contributed by atoms with E-state index in [-0.39, 0.29) is 5.82 Å². The van der Waals surface area contributed by atoms with Crippen LogP contribution in [0.1, 0.15) is 5.56 Å². The predicted molar refractivity (Wildman–Crippen MR) is 47.6 cm³/mol. The zero-order chi connectivity index (χ0) is 8.72. The summed E-state index contributed by atoms with van der Waals surface area (Å²) in [5.74, 6) is -0.199. The van der Waals surface area contributed by atoms with Gasteiger partial charge in [-0.1, -0.05) is 0 Å². The second-order valence-electron chi connectivity index (χ2n) is 2.59. The molecule has 0 saturated heterocycles. The quantitative estimate of drug-likeness (QED) is 0.678. The molecule has 2 nitrogen and oxygen atoms in total. The second-order valence-corrected chi connectivity index (χ2v) is 3.40. The summed E-state index contributed by atoms with van der Waals surface area (Å²) in [5, 5.41) is 4.08. The lowest BCUT2D eigenvalue weighted by Gasteiger charge is -1.97. The van der Waals surface area contributed by atoms with Crippen molar-refractivity contribution in [3.8, 4) is 0 Å². The predicted octanol–water partition coefficient (Wildman–Crippen LogP) is 2.54. The molecule has 0 amide bonds. The molecule has 2 aromatic rings. The van der Waals surface area contributed by atoms with Gasteiger partial charge in [-0.2, -0.15) is 5.10 Å². The molecule has 0 aliphatic rings. The lowest BCUT2D eigenvalue weighted by Crippen LogP contribution is -1.91. The summed E-state index contributed by atoms with van der Waals surface area (Å²) in [6, 6.07) is 3.19. The first-order chi connectivity index (χ1) is 5.68. The SMILES string of the molecule is Cc1c(F)ccn2nc(Br)cc12. The van der Waals surface area contributed by atoms with Crippen molar-refractivity contribution in [2.75, 3.05) is 0 Å². The monoisotopic (exact) mass is 228 g/mol. The fraction of sp³-hybridized carbons (Fsp3) is 0.125. The molecule has 0 radical (unpaired) electrons. The van der Waals surface area contributed by atoms with E-state index in [1.807, 2.05) is 0 Å². The normalized spacial score (nSPS) is 10.9. The molecular formula is C8H6BrFN2. The Kier molecular flexibility index (Phi) is 1.65. The Morgan fingerprint density at radius 3 is 3.08 bits per heavy atom. The van der Waals surface area contributed by atoms with Crippen molar-refractivity contribution in [2.24, 2.45) is 0 Å². The highest BCUT2D eigenvalue weighted by atomic mass is 79.9. The fourth-order valence-electron chi connectivity index (χ4n) is 1.14. The minimum Gasteiger partial charge on any atom is -0.239 e. The molecule has 0 spiro atoms. The summed E-state index contributed by atoms with van der Waals surface area (Å²) in [7, 11) is 0. The van der Waals surface area contributed by atoms with Gasteiger partial charge in [0.25, 0.3) is 0 Å². The zero-order valence-electron chi connectivity index (χ0n) is 6.38. The molecule has 0 aliphatic carbocycles. The molecule has 2 rings (SSSR count). The Hall–Kier alpha value is -0.900. The van der Waals surface area contributed by atoms with Crippen molar-refractivity contribution in [3.63, 3.8) is 0 Å². The molecular weight excluding hydrogens is 223 g/mol. The summed E-state index contributed by atoms with van der Waals surface area (Å²) in [6.45, 7) is 1.73. The summed E-state index contributed by atoms with van der Waals surface area (Å²) in [6.07, 6.45) is 1.60. The number of rotatable bonds is 0. The van der Waals surface area contributed by atoms with Gasteiger partial charge in [-0.05, 0) is 35.0 Å². The first-order valence-electron chi connectivity index (χ1n) is 3.48. The average Bonchev–Trinajstić information content (AvgIpc) is 2.39. The third-order valence-electron chi connectivity index (χ3n) is 1.81. The maximum atomic E-state index is 13.0. The number of aromatic nitrogens is 2. The van der Waals surface area contributed by atoms with Crippen LogP contribution in [0.15, 0.2) is 22.9 Å². The van der Waals surface area contributed by atoms with Gasteiger partial charge in [-0.25, -0.2) is 8.91 Å². The topological polar surface area (TPSA) is 17.3 Å². The maximum absolute atomic E-state index is 13.0. The van der Waals surface area contributed by atoms with E-state index in [9.17, 15) is 4.39 Å². The average molecular weight is 229 g/mol. The maximum Gasteiger partial charge on any atom is 0.129 e. The standard InChI is InChI=1S/C8H6BrFN2/c1-5-6(10)2-3-12-7(5)4-8(9)11-12/h2-4H,1H3. The third-order valence-corrected chi connectivity index (χ3v) is 2.20. The molecule has 0 unspecified atom stereocenters. The van der Waals surface area contributed by atoms with Gasteiger partial charge in [0, 0.05) is 11.8 Å². The van der Waals surface area contributed by atoms with Crippen molar-refractivity contribution in [2.45, 2.75) is 6.92 Å². The summed E-state index contributed by atoms with van der Waals surface area (Å²) in [4.78, 5) is 0. The van der Waals surface area contributed by atoms with E-state index in [1.165, 1.54) is 6.07 Å². The van der Waals surface area contributed by atoms with Crippen LogP contribution in [0.25, 0.3) is 5.52 Å². The molecule has 2 aromatic heterocycles. The molecule has 62 valence electrons. The van der Waals surface area contributed by atoms with Gasteiger partial charge in [0.1, 0.15) is 10.4 Å². The molecule has 0 atom stereocenters. The Morgan fingerprint density at radius 2 is 2.33 bits per heavy atom. The minimum absolute atomic E-state index is 0.199. The van der Waals surface area contributed by atoms with Crippen molar-refractivity contribution >= 4 is 21.4 Å². The van der Waals surface area contributed by atoms with Gasteiger partial charge in [-0.3, -0.25) is 0 Å². The molecule has 0 aromatic carbocycles. The number of aryl methyl sites for hydroxylation is 1. The van der Waals surface area contributed by atoms with E-state index in [4.69, 9.17) is 0 Å². The lowest BCUT2D eigenvalue weighted by molar-refractivity contribution is 0.616. The van der Waals surface area contributed by atoms with Crippen LogP contribution in [0, 0.1) is 12.7 Å². The Bertz CT molecular complexity index is 436. The van der Waals surface area contributed by atoms with Crippen LogP contribution in [0.5, 0.6) is 0 Å². The zero-order valence-corrected chi connectivity index (χ0v) is 7.97. The molecule has 4 heteroatoms. The highest BCUT2D eigenvalue weighted by Gasteiger charge is 2.04. The van der Waals surface area contributed by atoms with Crippen molar-refractivity contribution in [1.82, 2.24) is 9.61 Å². The minimum atomic E-state index is -0.199. The second kappa shape index (κ2) is 2.55. The molecule has 2 heterocycles. The van der Waals surface area contributed by atoms with E-state index >= 15 is 0 Å². The number of pyridine rings is 1. The van der Waals surface area contributed by atoms with Gasteiger partial charge in [0.15, 0.2) is 0 Å². The summed E-state index contributed by atoms with van der Waals surface area (Å²) in [5.41, 5.74) is 1.41. The Labute approximate surface area is 77.1 Å². The number of hydrogen-bond acceptors (Lipinski definition) is 1. The fourth-order valence-corrected chi connectivity index (χ4v) is 1.53. The van der Waals surface area contributed by atoms with Crippen LogP contribution in [-0.2, 0) is 0 Å². The Balaban J connectivity index is 2.89. The number of halogens is 2. The third kappa shape index (κ3) is 1.03. The summed E-state index contributed by atoms with van der Waals surface area (Å²) >= 11 is 3.23. The van der Waals surface area contributed by atoms with Crippen molar-refractivity contribution in [1.29, 1.82) is 0 Å². The van der Waals surface area contributed by atoms with Crippen LogP contribution in [0.2, 0.25) is 0 Å². The molecule has 0 bridgehead atoms. The highest BCUT2D eigenvalue weighted by molar-refractivity contribution is 9.10. The van der Waals surface area contributed by atoms with E-state index in [2.05, 4.69) is 21.0 Å². The number of hydrogen-bond donors (Lipinski definition) is 0. The van der Waals surface area contributed by atoms with E-state index in [0.29, 0.717) is 5.56 Å². The Morgan fingerprint density at radius 1 is 1.58 bits per heavy atom. The number of fused-ring (bicyclic) bond motifs is 1. The first-order valence-corrected chi connectivity index (χ1v) is 4.28. The highest BCUT2D eigenvalue weighted by Crippen LogP contribution is 2.17. The van der Waals surface area contributed by atoms with Gasteiger partial charge in [0.2, 0.25) is 0 Å².